The lowest BCUT2D eigenvalue weighted by Gasteiger charge is -2.30. The van der Waals surface area contributed by atoms with E-state index in [0.717, 1.165) is 0 Å². The van der Waals surface area contributed by atoms with Gasteiger partial charge in [-0.3, -0.25) is 0 Å². The second-order valence-electron chi connectivity index (χ2n) is 5.50. The summed E-state index contributed by atoms with van der Waals surface area (Å²) in [5.41, 5.74) is 0. The fourth-order valence-electron chi connectivity index (χ4n) is 2.05. The fraction of sp³-hybridized carbons (Fsp3) is 1.00. The lowest BCUT2D eigenvalue weighted by Crippen LogP contribution is -3.00. The minimum Gasteiger partial charge on any atom is -1.00 e. The van der Waals surface area contributed by atoms with Gasteiger partial charge in [0, 0.05) is 0 Å². The minimum absolute atomic E-state index is 0. The Balaban J connectivity index is 0. The lowest BCUT2D eigenvalue weighted by atomic mass is 10.1. The molecule has 0 rings (SSSR count). The highest BCUT2D eigenvalue weighted by atomic mass is 35.5. The number of halogens is 1. The van der Waals surface area contributed by atoms with Crippen LogP contribution < -0.4 is 12.4 Å². The first-order valence-electron chi connectivity index (χ1n) is 6.94. The van der Waals surface area contributed by atoms with Gasteiger partial charge in [0.05, 0.1) is 27.2 Å². The molecule has 2 heteroatoms. The van der Waals surface area contributed by atoms with Crippen molar-refractivity contribution in [3.63, 3.8) is 0 Å². The summed E-state index contributed by atoms with van der Waals surface area (Å²) in [7, 11) is 4.77. The second kappa shape index (κ2) is 11.7. The average molecular weight is 250 g/mol. The molecule has 0 aliphatic carbocycles. The van der Waals surface area contributed by atoms with E-state index in [1.807, 2.05) is 0 Å². The first kappa shape index (κ1) is 18.6. The van der Waals surface area contributed by atoms with Crippen molar-refractivity contribution in [3.05, 3.63) is 0 Å². The molecule has 100 valence electrons. The number of unbranched alkanes of at least 4 members (excludes halogenated alkanes) is 6. The summed E-state index contributed by atoms with van der Waals surface area (Å²) in [5, 5.41) is 0. The molecule has 0 fully saturated rings. The number of rotatable bonds is 10. The molecule has 0 aromatic carbocycles. The van der Waals surface area contributed by atoms with E-state index in [1.165, 1.54) is 68.9 Å². The van der Waals surface area contributed by atoms with Crippen molar-refractivity contribution < 1.29 is 16.9 Å². The highest BCUT2D eigenvalue weighted by Gasteiger charge is 2.12. The topological polar surface area (TPSA) is 0 Å². The highest BCUT2D eigenvalue weighted by molar-refractivity contribution is 4.43. The maximum atomic E-state index is 2.39. The molecule has 0 radical (unpaired) electrons. The molecule has 0 spiro atoms. The molecule has 0 aliphatic heterocycles. The quantitative estimate of drug-likeness (QED) is 0.404. The van der Waals surface area contributed by atoms with Gasteiger partial charge < -0.3 is 16.9 Å². The van der Waals surface area contributed by atoms with Crippen LogP contribution in [0.5, 0.6) is 0 Å². The van der Waals surface area contributed by atoms with Crippen LogP contribution in [0.1, 0.15) is 65.2 Å². The van der Waals surface area contributed by atoms with Crippen LogP contribution in [0.4, 0.5) is 0 Å². The van der Waals surface area contributed by atoms with Gasteiger partial charge in [-0.05, 0) is 25.7 Å². The summed E-state index contributed by atoms with van der Waals surface area (Å²) in [6, 6.07) is 0. The molecule has 1 nitrogen and oxygen atoms in total. The SMILES string of the molecule is CCCCCC[N+](C)(C)CCCCCC.[Cl-]. The molecule has 0 bridgehead atoms. The first-order chi connectivity index (χ1) is 7.12. The number of nitrogens with zero attached hydrogens (tertiary/aromatic N) is 1. The molecule has 0 unspecified atom stereocenters. The maximum Gasteiger partial charge on any atom is 0.0782 e. The zero-order valence-corrected chi connectivity index (χ0v) is 12.7. The van der Waals surface area contributed by atoms with E-state index in [9.17, 15) is 0 Å². The van der Waals surface area contributed by atoms with Gasteiger partial charge >= 0.3 is 0 Å². The van der Waals surface area contributed by atoms with Crippen molar-refractivity contribution in [1.82, 2.24) is 0 Å². The van der Waals surface area contributed by atoms with Crippen LogP contribution in [-0.2, 0) is 0 Å². The van der Waals surface area contributed by atoms with Crippen molar-refractivity contribution in [2.75, 3.05) is 27.2 Å². The Bertz CT molecular complexity index is 121. The number of quaternary nitrogens is 1. The Labute approximate surface area is 110 Å². The van der Waals surface area contributed by atoms with Crippen LogP contribution in [0.25, 0.3) is 0 Å². The van der Waals surface area contributed by atoms with Crippen LogP contribution in [0, 0.1) is 0 Å². The van der Waals surface area contributed by atoms with Crippen LogP contribution in [0.15, 0.2) is 0 Å². The molecule has 0 heterocycles. The molecule has 0 aliphatic rings. The van der Waals surface area contributed by atoms with Crippen molar-refractivity contribution >= 4 is 0 Å². The standard InChI is InChI=1S/C14H32N.ClH/c1-5-7-9-11-13-15(3,4)14-12-10-8-6-2;/h5-14H2,1-4H3;1H/q+1;/p-1. The fourth-order valence-corrected chi connectivity index (χ4v) is 2.05. The molecule has 0 amide bonds. The predicted octanol–water partition coefficient (Wildman–Crippen LogP) is 1.23. The summed E-state index contributed by atoms with van der Waals surface area (Å²) in [5.74, 6) is 0. The number of hydrogen-bond donors (Lipinski definition) is 0. The van der Waals surface area contributed by atoms with E-state index in [0.29, 0.717) is 0 Å². The maximum absolute atomic E-state index is 2.39. The molecule has 0 aromatic rings. The Hall–Kier alpha value is 0.250. The van der Waals surface area contributed by atoms with Crippen LogP contribution in [0.2, 0.25) is 0 Å². The molecular weight excluding hydrogens is 218 g/mol. The van der Waals surface area contributed by atoms with Crippen molar-refractivity contribution in [2.45, 2.75) is 65.2 Å². The zero-order chi connectivity index (χ0) is 11.6. The van der Waals surface area contributed by atoms with Crippen molar-refractivity contribution in [2.24, 2.45) is 0 Å². The summed E-state index contributed by atoms with van der Waals surface area (Å²) in [6.45, 7) is 7.30. The monoisotopic (exact) mass is 249 g/mol. The smallest absolute Gasteiger partial charge is 0.0782 e. The summed E-state index contributed by atoms with van der Waals surface area (Å²) in [6.07, 6.45) is 11.2. The number of hydrogen-bond acceptors (Lipinski definition) is 0. The molecule has 0 aromatic heterocycles. The largest absolute Gasteiger partial charge is 1.00 e. The Morgan fingerprint density at radius 1 is 0.625 bits per heavy atom. The normalized spacial score (nSPS) is 11.2. The molecule has 0 N–H and O–H groups in total. The minimum atomic E-state index is 0. The predicted molar refractivity (Wildman–Crippen MR) is 70.1 cm³/mol. The third-order valence-corrected chi connectivity index (χ3v) is 3.23. The van der Waals surface area contributed by atoms with E-state index in [4.69, 9.17) is 0 Å². The van der Waals surface area contributed by atoms with Crippen molar-refractivity contribution in [3.8, 4) is 0 Å². The average Bonchev–Trinajstić information content (AvgIpc) is 2.20. The van der Waals surface area contributed by atoms with Gasteiger partial charge in [-0.25, -0.2) is 0 Å². The van der Waals surface area contributed by atoms with Crippen LogP contribution in [0.3, 0.4) is 0 Å². The van der Waals surface area contributed by atoms with Crippen LogP contribution in [-0.4, -0.2) is 31.7 Å². The third-order valence-electron chi connectivity index (χ3n) is 3.23. The van der Waals surface area contributed by atoms with Gasteiger partial charge in [-0.2, -0.15) is 0 Å². The van der Waals surface area contributed by atoms with Crippen molar-refractivity contribution in [1.29, 1.82) is 0 Å². The summed E-state index contributed by atoms with van der Waals surface area (Å²) in [4.78, 5) is 0. The highest BCUT2D eigenvalue weighted by Crippen LogP contribution is 2.08. The van der Waals surface area contributed by atoms with Gasteiger partial charge in [0.15, 0.2) is 0 Å². The summed E-state index contributed by atoms with van der Waals surface area (Å²) >= 11 is 0. The zero-order valence-electron chi connectivity index (χ0n) is 11.9. The van der Waals surface area contributed by atoms with Gasteiger partial charge in [0.25, 0.3) is 0 Å². The van der Waals surface area contributed by atoms with Gasteiger partial charge in [0.2, 0.25) is 0 Å². The second-order valence-corrected chi connectivity index (χ2v) is 5.50. The van der Waals surface area contributed by atoms with E-state index >= 15 is 0 Å². The van der Waals surface area contributed by atoms with Gasteiger partial charge in [-0.15, -0.1) is 0 Å². The molecule has 0 saturated carbocycles. The third kappa shape index (κ3) is 12.3. The molecule has 16 heavy (non-hydrogen) atoms. The molecule has 0 saturated heterocycles. The lowest BCUT2D eigenvalue weighted by molar-refractivity contribution is -0.890. The van der Waals surface area contributed by atoms with E-state index in [2.05, 4.69) is 27.9 Å². The Kier molecular flexibility index (Phi) is 13.6. The van der Waals surface area contributed by atoms with Crippen LogP contribution >= 0.6 is 0 Å². The van der Waals surface area contributed by atoms with E-state index in [-0.39, 0.29) is 12.4 Å². The molecule has 0 atom stereocenters. The Morgan fingerprint density at radius 2 is 1.00 bits per heavy atom. The van der Waals surface area contributed by atoms with E-state index < -0.39 is 0 Å². The molecular formula is C14H32ClN. The van der Waals surface area contributed by atoms with Gasteiger partial charge in [0.1, 0.15) is 0 Å². The van der Waals surface area contributed by atoms with E-state index in [1.54, 1.807) is 0 Å². The summed E-state index contributed by atoms with van der Waals surface area (Å²) < 4.78 is 1.23. The van der Waals surface area contributed by atoms with Gasteiger partial charge in [-0.1, -0.05) is 39.5 Å². The Morgan fingerprint density at radius 3 is 1.31 bits per heavy atom. The first-order valence-corrected chi connectivity index (χ1v) is 6.94.